The van der Waals surface area contributed by atoms with Gasteiger partial charge in [0.1, 0.15) is 28.7 Å². The highest BCUT2D eigenvalue weighted by Gasteiger charge is 2.14. The van der Waals surface area contributed by atoms with Gasteiger partial charge in [-0.15, -0.1) is 0 Å². The summed E-state index contributed by atoms with van der Waals surface area (Å²) in [4.78, 5) is 0. The monoisotopic (exact) mass is 372 g/mol. The van der Waals surface area contributed by atoms with Crippen LogP contribution in [0.3, 0.4) is 0 Å². The van der Waals surface area contributed by atoms with E-state index in [0.717, 1.165) is 39.1 Å². The van der Waals surface area contributed by atoms with E-state index < -0.39 is 0 Å². The van der Waals surface area contributed by atoms with Gasteiger partial charge in [-0.2, -0.15) is 0 Å². The number of methoxy groups -OCH3 is 2. The van der Waals surface area contributed by atoms with Gasteiger partial charge in [0.2, 0.25) is 0 Å². The van der Waals surface area contributed by atoms with Gasteiger partial charge in [0, 0.05) is 10.9 Å². The van der Waals surface area contributed by atoms with E-state index in [2.05, 4.69) is 6.07 Å². The lowest BCUT2D eigenvalue weighted by Gasteiger charge is -2.16. The predicted molar refractivity (Wildman–Crippen MR) is 111 cm³/mol. The van der Waals surface area contributed by atoms with Crippen molar-refractivity contribution in [3.05, 3.63) is 78.9 Å². The van der Waals surface area contributed by atoms with E-state index in [4.69, 9.17) is 14.2 Å². The Balaban J connectivity index is 1.91. The fraction of sp³-hybridized carbons (Fsp3) is 0.0833. The van der Waals surface area contributed by atoms with E-state index in [0.29, 0.717) is 5.75 Å². The van der Waals surface area contributed by atoms with Crippen LogP contribution >= 0.6 is 0 Å². The molecule has 0 unspecified atom stereocenters. The summed E-state index contributed by atoms with van der Waals surface area (Å²) in [6, 6.07) is 24.5. The Morgan fingerprint density at radius 1 is 0.679 bits per heavy atom. The van der Waals surface area contributed by atoms with Crippen molar-refractivity contribution in [2.24, 2.45) is 0 Å². The minimum atomic E-state index is 0.197. The van der Waals surface area contributed by atoms with Crippen LogP contribution in [-0.2, 0) is 0 Å². The summed E-state index contributed by atoms with van der Waals surface area (Å²) >= 11 is 0. The Hall–Kier alpha value is -3.66. The number of phenolic OH excluding ortho intramolecular Hbond substituents is 1. The van der Waals surface area contributed by atoms with Crippen LogP contribution in [0.1, 0.15) is 0 Å². The van der Waals surface area contributed by atoms with Crippen LogP contribution in [0.5, 0.6) is 28.7 Å². The van der Waals surface area contributed by atoms with Crippen molar-refractivity contribution in [2.75, 3.05) is 14.2 Å². The molecule has 0 fully saturated rings. The summed E-state index contributed by atoms with van der Waals surface area (Å²) in [6.07, 6.45) is 0. The highest BCUT2D eigenvalue weighted by Crippen LogP contribution is 2.41. The standard InChI is InChI=1S/C24H20O4/c1-26-20-5-3-4-16(14-20)22-12-6-17-15-21(27-2)11-13-23(17)24(22)28-19-9-7-18(25)8-10-19/h3-15,25H,1-2H3. The minimum absolute atomic E-state index is 0.197. The molecule has 4 nitrogen and oxygen atoms in total. The topological polar surface area (TPSA) is 47.9 Å². The van der Waals surface area contributed by atoms with Gasteiger partial charge in [-0.05, 0) is 71.6 Å². The van der Waals surface area contributed by atoms with E-state index in [9.17, 15) is 5.11 Å². The molecule has 0 bridgehead atoms. The van der Waals surface area contributed by atoms with Gasteiger partial charge in [-0.25, -0.2) is 0 Å². The van der Waals surface area contributed by atoms with Crippen molar-refractivity contribution in [3.63, 3.8) is 0 Å². The number of aromatic hydroxyl groups is 1. The van der Waals surface area contributed by atoms with Gasteiger partial charge in [0.05, 0.1) is 14.2 Å². The lowest BCUT2D eigenvalue weighted by molar-refractivity contribution is 0.415. The molecule has 0 atom stereocenters. The van der Waals surface area contributed by atoms with E-state index in [1.54, 1.807) is 38.5 Å². The quantitative estimate of drug-likeness (QED) is 0.465. The van der Waals surface area contributed by atoms with Crippen molar-refractivity contribution < 1.29 is 19.3 Å². The molecule has 4 aromatic carbocycles. The maximum atomic E-state index is 9.56. The summed E-state index contributed by atoms with van der Waals surface area (Å²) in [6.45, 7) is 0. The van der Waals surface area contributed by atoms with Crippen LogP contribution in [0.4, 0.5) is 0 Å². The molecular weight excluding hydrogens is 352 g/mol. The van der Waals surface area contributed by atoms with Crippen molar-refractivity contribution in [1.82, 2.24) is 0 Å². The molecule has 0 saturated heterocycles. The fourth-order valence-corrected chi connectivity index (χ4v) is 3.17. The minimum Gasteiger partial charge on any atom is -0.508 e. The smallest absolute Gasteiger partial charge is 0.143 e. The maximum absolute atomic E-state index is 9.56. The fourth-order valence-electron chi connectivity index (χ4n) is 3.17. The van der Waals surface area contributed by atoms with Crippen molar-refractivity contribution in [3.8, 4) is 39.9 Å². The van der Waals surface area contributed by atoms with Gasteiger partial charge in [-0.3, -0.25) is 0 Å². The molecule has 4 rings (SSSR count). The molecule has 4 aromatic rings. The number of benzene rings is 4. The molecule has 0 aliphatic rings. The normalized spacial score (nSPS) is 10.6. The summed E-state index contributed by atoms with van der Waals surface area (Å²) in [7, 11) is 3.30. The molecule has 1 N–H and O–H groups in total. The first-order chi connectivity index (χ1) is 13.7. The number of phenols is 1. The number of ether oxygens (including phenoxy) is 3. The average molecular weight is 372 g/mol. The van der Waals surface area contributed by atoms with Crippen LogP contribution < -0.4 is 14.2 Å². The molecule has 0 spiro atoms. The van der Waals surface area contributed by atoms with Crippen LogP contribution in [0.2, 0.25) is 0 Å². The van der Waals surface area contributed by atoms with Crippen LogP contribution in [-0.4, -0.2) is 19.3 Å². The van der Waals surface area contributed by atoms with Gasteiger partial charge >= 0.3 is 0 Å². The summed E-state index contributed by atoms with van der Waals surface area (Å²) in [5, 5.41) is 11.5. The molecule has 0 saturated carbocycles. The van der Waals surface area contributed by atoms with Crippen molar-refractivity contribution >= 4 is 10.8 Å². The summed E-state index contributed by atoms with van der Waals surface area (Å²) in [5.41, 5.74) is 1.94. The third-order valence-corrected chi connectivity index (χ3v) is 4.61. The number of hydrogen-bond acceptors (Lipinski definition) is 4. The lowest BCUT2D eigenvalue weighted by Crippen LogP contribution is -1.92. The molecule has 0 aliphatic heterocycles. The van der Waals surface area contributed by atoms with Gasteiger partial charge < -0.3 is 19.3 Å². The Bertz CT molecular complexity index is 1120. The third-order valence-electron chi connectivity index (χ3n) is 4.61. The number of fused-ring (bicyclic) bond motifs is 1. The van der Waals surface area contributed by atoms with E-state index in [1.165, 1.54) is 0 Å². The van der Waals surface area contributed by atoms with E-state index >= 15 is 0 Å². The highest BCUT2D eigenvalue weighted by molar-refractivity contribution is 5.96. The van der Waals surface area contributed by atoms with Gasteiger partial charge in [0.15, 0.2) is 0 Å². The number of hydrogen-bond donors (Lipinski definition) is 1. The van der Waals surface area contributed by atoms with Crippen LogP contribution in [0, 0.1) is 0 Å². The molecule has 0 aliphatic carbocycles. The molecule has 0 aromatic heterocycles. The second-order valence-corrected chi connectivity index (χ2v) is 6.36. The maximum Gasteiger partial charge on any atom is 0.143 e. The Morgan fingerprint density at radius 2 is 1.39 bits per heavy atom. The lowest BCUT2D eigenvalue weighted by atomic mass is 9.99. The second-order valence-electron chi connectivity index (χ2n) is 6.36. The SMILES string of the molecule is COc1cccc(-c2ccc3cc(OC)ccc3c2Oc2ccc(O)cc2)c1. The molecule has 0 radical (unpaired) electrons. The van der Waals surface area contributed by atoms with Crippen LogP contribution in [0.25, 0.3) is 21.9 Å². The first-order valence-corrected chi connectivity index (χ1v) is 8.90. The first kappa shape index (κ1) is 17.7. The average Bonchev–Trinajstić information content (AvgIpc) is 2.75. The summed E-state index contributed by atoms with van der Waals surface area (Å²) < 4.78 is 17.0. The Morgan fingerprint density at radius 3 is 2.14 bits per heavy atom. The summed E-state index contributed by atoms with van der Waals surface area (Å²) in [5.74, 6) is 3.15. The largest absolute Gasteiger partial charge is 0.508 e. The Kier molecular flexibility index (Phi) is 4.77. The molecule has 4 heteroatoms. The third kappa shape index (κ3) is 3.45. The Labute approximate surface area is 163 Å². The van der Waals surface area contributed by atoms with Crippen molar-refractivity contribution in [2.45, 2.75) is 0 Å². The zero-order valence-electron chi connectivity index (χ0n) is 15.7. The molecule has 140 valence electrons. The zero-order valence-corrected chi connectivity index (χ0v) is 15.7. The molecular formula is C24H20O4. The first-order valence-electron chi connectivity index (χ1n) is 8.90. The molecule has 0 heterocycles. The van der Waals surface area contributed by atoms with Gasteiger partial charge in [-0.1, -0.05) is 18.2 Å². The van der Waals surface area contributed by atoms with Gasteiger partial charge in [0.25, 0.3) is 0 Å². The molecule has 28 heavy (non-hydrogen) atoms. The van der Waals surface area contributed by atoms with E-state index in [1.807, 2.05) is 48.5 Å². The van der Waals surface area contributed by atoms with Crippen molar-refractivity contribution in [1.29, 1.82) is 0 Å². The second kappa shape index (κ2) is 7.53. The molecule has 0 amide bonds. The zero-order chi connectivity index (χ0) is 19.5. The van der Waals surface area contributed by atoms with E-state index in [-0.39, 0.29) is 5.75 Å². The number of rotatable bonds is 5. The predicted octanol–water partition coefficient (Wildman–Crippen LogP) is 6.02. The van der Waals surface area contributed by atoms with Crippen LogP contribution in [0.15, 0.2) is 78.9 Å². The highest BCUT2D eigenvalue weighted by atomic mass is 16.5.